The summed E-state index contributed by atoms with van der Waals surface area (Å²) >= 11 is 0. The Bertz CT molecular complexity index is 887. The molecular weight excluding hydrogens is 372 g/mol. The van der Waals surface area contributed by atoms with Crippen molar-refractivity contribution in [1.29, 1.82) is 0 Å². The van der Waals surface area contributed by atoms with Gasteiger partial charge in [-0.3, -0.25) is 9.52 Å². The Hall–Kier alpha value is -2.34. The number of amides is 1. The van der Waals surface area contributed by atoms with Crippen LogP contribution in [-0.4, -0.2) is 20.1 Å². The highest BCUT2D eigenvalue weighted by molar-refractivity contribution is 7.92. The molecule has 1 amide bonds. The molecule has 0 aromatic heterocycles. The number of rotatable bonds is 7. The number of carbonyl (C=O) groups is 1. The van der Waals surface area contributed by atoms with Crippen molar-refractivity contribution in [2.45, 2.75) is 51.0 Å². The molecule has 6 heteroatoms. The smallest absolute Gasteiger partial charge is 0.232 e. The fourth-order valence-corrected chi connectivity index (χ4v) is 4.50. The summed E-state index contributed by atoms with van der Waals surface area (Å²) in [5.41, 5.74) is 2.01. The first-order valence-corrected chi connectivity index (χ1v) is 11.5. The molecule has 2 aromatic carbocycles. The molecule has 0 spiro atoms. The van der Waals surface area contributed by atoms with E-state index in [0.717, 1.165) is 43.2 Å². The van der Waals surface area contributed by atoms with Gasteiger partial charge in [0.05, 0.1) is 11.2 Å². The summed E-state index contributed by atoms with van der Waals surface area (Å²) in [5.74, 6) is 0.0820. The molecule has 28 heavy (non-hydrogen) atoms. The minimum Gasteiger partial charge on any atom is -0.351 e. The van der Waals surface area contributed by atoms with E-state index in [1.165, 1.54) is 0 Å². The highest BCUT2D eigenvalue weighted by atomic mass is 32.2. The van der Waals surface area contributed by atoms with E-state index in [1.54, 1.807) is 19.1 Å². The van der Waals surface area contributed by atoms with Crippen molar-refractivity contribution in [3.05, 3.63) is 65.7 Å². The van der Waals surface area contributed by atoms with E-state index in [-0.39, 0.29) is 11.7 Å². The molecule has 2 aromatic rings. The lowest BCUT2D eigenvalue weighted by molar-refractivity contribution is -0.128. The van der Waals surface area contributed by atoms with Crippen LogP contribution in [0.15, 0.2) is 54.6 Å². The van der Waals surface area contributed by atoms with Gasteiger partial charge >= 0.3 is 0 Å². The first kappa shape index (κ1) is 20.4. The van der Waals surface area contributed by atoms with Gasteiger partial charge < -0.3 is 5.32 Å². The fourth-order valence-electron chi connectivity index (χ4n) is 3.86. The van der Waals surface area contributed by atoms with Crippen LogP contribution < -0.4 is 10.0 Å². The molecule has 3 rings (SSSR count). The van der Waals surface area contributed by atoms with E-state index >= 15 is 0 Å². The van der Waals surface area contributed by atoms with Crippen LogP contribution in [0, 0.1) is 0 Å². The zero-order chi connectivity index (χ0) is 20.0. The normalized spacial score (nSPS) is 16.3. The summed E-state index contributed by atoms with van der Waals surface area (Å²) in [6.07, 6.45) is 4.80. The summed E-state index contributed by atoms with van der Waals surface area (Å²) in [5, 5.41) is 3.12. The van der Waals surface area contributed by atoms with Gasteiger partial charge in [0.2, 0.25) is 15.9 Å². The van der Waals surface area contributed by atoms with Crippen LogP contribution in [0.25, 0.3) is 0 Å². The molecule has 2 N–H and O–H groups in total. The van der Waals surface area contributed by atoms with Gasteiger partial charge in [0.25, 0.3) is 0 Å². The molecule has 0 heterocycles. The van der Waals surface area contributed by atoms with Gasteiger partial charge in [-0.15, -0.1) is 0 Å². The minimum absolute atomic E-state index is 0.0284. The summed E-state index contributed by atoms with van der Waals surface area (Å²) in [6, 6.07) is 17.2. The van der Waals surface area contributed by atoms with Crippen LogP contribution in [0.5, 0.6) is 0 Å². The Morgan fingerprint density at radius 1 is 0.964 bits per heavy atom. The van der Waals surface area contributed by atoms with Gasteiger partial charge in [-0.25, -0.2) is 8.42 Å². The van der Waals surface area contributed by atoms with Gasteiger partial charge in [-0.2, -0.15) is 0 Å². The fraction of sp³-hybridized carbons (Fsp3) is 0.409. The van der Waals surface area contributed by atoms with Gasteiger partial charge in [0, 0.05) is 12.2 Å². The van der Waals surface area contributed by atoms with Gasteiger partial charge in [0.15, 0.2) is 0 Å². The van der Waals surface area contributed by atoms with Crippen LogP contribution in [0.1, 0.15) is 50.2 Å². The average molecular weight is 401 g/mol. The highest BCUT2D eigenvalue weighted by Crippen LogP contribution is 2.40. The Morgan fingerprint density at radius 3 is 2.21 bits per heavy atom. The molecule has 0 unspecified atom stereocenters. The predicted molar refractivity (Wildman–Crippen MR) is 113 cm³/mol. The Balaban J connectivity index is 1.79. The van der Waals surface area contributed by atoms with Crippen molar-refractivity contribution >= 4 is 21.6 Å². The van der Waals surface area contributed by atoms with Crippen LogP contribution in [0.4, 0.5) is 5.69 Å². The Labute approximate surface area is 167 Å². The maximum atomic E-state index is 13.2. The average Bonchev–Trinajstić information content (AvgIpc) is 2.73. The summed E-state index contributed by atoms with van der Waals surface area (Å²) in [7, 11) is -3.31. The minimum atomic E-state index is -3.31. The molecular formula is C22H28N2O3S. The lowest BCUT2D eigenvalue weighted by atomic mass is 9.68. The van der Waals surface area contributed by atoms with E-state index in [9.17, 15) is 13.2 Å². The van der Waals surface area contributed by atoms with E-state index in [4.69, 9.17) is 0 Å². The maximum absolute atomic E-state index is 13.2. The summed E-state index contributed by atoms with van der Waals surface area (Å²) in [4.78, 5) is 13.2. The van der Waals surface area contributed by atoms with Crippen LogP contribution in [0.3, 0.4) is 0 Å². The third kappa shape index (κ3) is 4.73. The lowest BCUT2D eigenvalue weighted by Crippen LogP contribution is -2.45. The standard InChI is InChI=1S/C22H28N2O3S/c1-2-28(26,27)24-20-13-11-19(12-14-20)22(15-7-4-8-16-22)21(25)23-17-18-9-5-3-6-10-18/h3,5-6,9-14,24H,2,4,7-8,15-17H2,1H3,(H,23,25). The Kier molecular flexibility index (Phi) is 6.39. The summed E-state index contributed by atoms with van der Waals surface area (Å²) in [6.45, 7) is 2.11. The third-order valence-corrected chi connectivity index (χ3v) is 6.84. The number of anilines is 1. The number of hydrogen-bond acceptors (Lipinski definition) is 3. The maximum Gasteiger partial charge on any atom is 0.232 e. The molecule has 0 atom stereocenters. The van der Waals surface area contributed by atoms with Crippen LogP contribution >= 0.6 is 0 Å². The molecule has 5 nitrogen and oxygen atoms in total. The van der Waals surface area contributed by atoms with Crippen molar-refractivity contribution in [2.75, 3.05) is 10.5 Å². The molecule has 1 saturated carbocycles. The first-order chi connectivity index (χ1) is 13.5. The molecule has 0 saturated heterocycles. The van der Waals surface area contributed by atoms with Crippen molar-refractivity contribution in [1.82, 2.24) is 5.32 Å². The van der Waals surface area contributed by atoms with Crippen molar-refractivity contribution in [2.24, 2.45) is 0 Å². The topological polar surface area (TPSA) is 75.3 Å². The molecule has 0 aliphatic heterocycles. The zero-order valence-corrected chi connectivity index (χ0v) is 17.1. The largest absolute Gasteiger partial charge is 0.351 e. The van der Waals surface area contributed by atoms with Gasteiger partial charge in [-0.05, 0) is 43.0 Å². The van der Waals surface area contributed by atoms with E-state index < -0.39 is 15.4 Å². The molecule has 1 aliphatic carbocycles. The number of nitrogens with one attached hydrogen (secondary N) is 2. The summed E-state index contributed by atoms with van der Waals surface area (Å²) < 4.78 is 26.1. The molecule has 0 bridgehead atoms. The van der Waals surface area contributed by atoms with Gasteiger partial charge in [0.1, 0.15) is 0 Å². The quantitative estimate of drug-likeness (QED) is 0.738. The highest BCUT2D eigenvalue weighted by Gasteiger charge is 2.40. The molecule has 1 fully saturated rings. The van der Waals surface area contributed by atoms with Crippen molar-refractivity contribution < 1.29 is 13.2 Å². The molecule has 1 aliphatic rings. The lowest BCUT2D eigenvalue weighted by Gasteiger charge is -2.36. The zero-order valence-electron chi connectivity index (χ0n) is 16.3. The molecule has 0 radical (unpaired) electrons. The molecule has 150 valence electrons. The van der Waals surface area contributed by atoms with E-state index in [2.05, 4.69) is 10.0 Å². The Morgan fingerprint density at radius 2 is 1.61 bits per heavy atom. The van der Waals surface area contributed by atoms with E-state index in [0.29, 0.717) is 12.2 Å². The van der Waals surface area contributed by atoms with Crippen molar-refractivity contribution in [3.8, 4) is 0 Å². The SMILES string of the molecule is CCS(=O)(=O)Nc1ccc(C2(C(=O)NCc3ccccc3)CCCCC2)cc1. The number of hydrogen-bond donors (Lipinski definition) is 2. The predicted octanol–water partition coefficient (Wildman–Crippen LogP) is 3.97. The second-order valence-corrected chi connectivity index (χ2v) is 9.40. The van der Waals surface area contributed by atoms with E-state index in [1.807, 2.05) is 42.5 Å². The van der Waals surface area contributed by atoms with Crippen LogP contribution in [0.2, 0.25) is 0 Å². The van der Waals surface area contributed by atoms with Crippen LogP contribution in [-0.2, 0) is 26.8 Å². The monoisotopic (exact) mass is 400 g/mol. The number of benzene rings is 2. The first-order valence-electron chi connectivity index (χ1n) is 9.88. The number of sulfonamides is 1. The third-order valence-electron chi connectivity index (χ3n) is 5.53. The second kappa shape index (κ2) is 8.78. The number of carbonyl (C=O) groups excluding carboxylic acids is 1. The van der Waals surface area contributed by atoms with Gasteiger partial charge in [-0.1, -0.05) is 61.7 Å². The second-order valence-electron chi connectivity index (χ2n) is 7.39. The van der Waals surface area contributed by atoms with Crippen molar-refractivity contribution in [3.63, 3.8) is 0 Å².